The topological polar surface area (TPSA) is 59.3 Å². The van der Waals surface area contributed by atoms with Gasteiger partial charge in [-0.1, -0.05) is 25.1 Å². The summed E-state index contributed by atoms with van der Waals surface area (Å²) < 4.78 is 5.24. The van der Waals surface area contributed by atoms with Crippen molar-refractivity contribution in [2.45, 2.75) is 33.2 Å². The van der Waals surface area contributed by atoms with Gasteiger partial charge >= 0.3 is 5.63 Å². The molecule has 1 aromatic heterocycles. The second-order valence-corrected chi connectivity index (χ2v) is 4.72. The van der Waals surface area contributed by atoms with Crippen LogP contribution < -0.4 is 10.9 Å². The number of para-hydroxylation sites is 1. The molecule has 100 valence electrons. The number of aryl methyl sites for hydroxylation is 1. The van der Waals surface area contributed by atoms with Crippen molar-refractivity contribution in [3.8, 4) is 0 Å². The van der Waals surface area contributed by atoms with Gasteiger partial charge in [-0.25, -0.2) is 4.79 Å². The van der Waals surface area contributed by atoms with Gasteiger partial charge in [0.25, 0.3) is 5.91 Å². The Morgan fingerprint density at radius 2 is 2.16 bits per heavy atom. The first-order chi connectivity index (χ1) is 9.02. The van der Waals surface area contributed by atoms with Crippen LogP contribution in [0.25, 0.3) is 11.0 Å². The van der Waals surface area contributed by atoms with Crippen LogP contribution in [0.4, 0.5) is 0 Å². The molecule has 4 nitrogen and oxygen atoms in total. The number of benzene rings is 1. The van der Waals surface area contributed by atoms with Gasteiger partial charge in [0, 0.05) is 11.4 Å². The summed E-state index contributed by atoms with van der Waals surface area (Å²) in [7, 11) is 0. The molecular weight excluding hydrogens is 242 g/mol. The predicted molar refractivity (Wildman–Crippen MR) is 74.4 cm³/mol. The van der Waals surface area contributed by atoms with E-state index in [2.05, 4.69) is 5.32 Å². The number of nitrogens with one attached hydrogen (secondary N) is 1. The Bertz CT molecular complexity index is 673. The molecule has 0 bridgehead atoms. The SMILES string of the molecule is CCC(C)NC(=O)c1cc2cccc(C)c2oc1=O. The highest BCUT2D eigenvalue weighted by atomic mass is 16.4. The predicted octanol–water partition coefficient (Wildman–Crippen LogP) is 2.63. The van der Waals surface area contributed by atoms with Gasteiger partial charge in [-0.15, -0.1) is 0 Å². The van der Waals surface area contributed by atoms with Crippen molar-refractivity contribution in [2.75, 3.05) is 0 Å². The molecule has 0 aliphatic rings. The first-order valence-electron chi connectivity index (χ1n) is 6.37. The molecule has 1 atom stereocenters. The lowest BCUT2D eigenvalue weighted by molar-refractivity contribution is 0.0935. The number of carbonyl (C=O) groups is 1. The van der Waals surface area contributed by atoms with Crippen LogP contribution in [-0.2, 0) is 0 Å². The van der Waals surface area contributed by atoms with Crippen LogP contribution in [0.5, 0.6) is 0 Å². The number of hydrogen-bond donors (Lipinski definition) is 1. The Morgan fingerprint density at radius 3 is 2.84 bits per heavy atom. The molecular formula is C15H17NO3. The smallest absolute Gasteiger partial charge is 0.349 e. The summed E-state index contributed by atoms with van der Waals surface area (Å²) >= 11 is 0. The van der Waals surface area contributed by atoms with Gasteiger partial charge in [-0.2, -0.15) is 0 Å². The Hall–Kier alpha value is -2.10. The largest absolute Gasteiger partial charge is 0.422 e. The average molecular weight is 259 g/mol. The number of hydrogen-bond acceptors (Lipinski definition) is 3. The molecule has 1 amide bonds. The third-order valence-corrected chi connectivity index (χ3v) is 3.19. The fourth-order valence-corrected chi connectivity index (χ4v) is 1.85. The lowest BCUT2D eigenvalue weighted by Gasteiger charge is -2.11. The Labute approximate surface area is 111 Å². The van der Waals surface area contributed by atoms with Gasteiger partial charge in [-0.05, 0) is 31.9 Å². The maximum atomic E-state index is 12.0. The summed E-state index contributed by atoms with van der Waals surface area (Å²) in [4.78, 5) is 23.9. The minimum absolute atomic E-state index is 0.0279. The lowest BCUT2D eigenvalue weighted by Crippen LogP contribution is -2.34. The van der Waals surface area contributed by atoms with Crippen LogP contribution in [0.1, 0.15) is 36.2 Å². The molecule has 2 aromatic rings. The highest BCUT2D eigenvalue weighted by Crippen LogP contribution is 2.17. The van der Waals surface area contributed by atoms with Crippen molar-refractivity contribution in [3.63, 3.8) is 0 Å². The molecule has 4 heteroatoms. The third kappa shape index (κ3) is 2.67. The molecule has 0 aliphatic carbocycles. The van der Waals surface area contributed by atoms with Crippen LogP contribution in [0.15, 0.2) is 33.5 Å². The summed E-state index contributed by atoms with van der Waals surface area (Å²) in [6.07, 6.45) is 0.809. The van der Waals surface area contributed by atoms with Gasteiger partial charge in [-0.3, -0.25) is 4.79 Å². The molecule has 1 aromatic carbocycles. The van der Waals surface area contributed by atoms with E-state index in [1.54, 1.807) is 6.07 Å². The van der Waals surface area contributed by atoms with Crippen LogP contribution in [0, 0.1) is 6.92 Å². The number of amides is 1. The van der Waals surface area contributed by atoms with Gasteiger partial charge in [0.1, 0.15) is 11.1 Å². The maximum absolute atomic E-state index is 12.0. The Morgan fingerprint density at radius 1 is 1.42 bits per heavy atom. The standard InChI is InChI=1S/C15H17NO3/c1-4-10(3)16-14(17)12-8-11-7-5-6-9(2)13(11)19-15(12)18/h5-8,10H,4H2,1-3H3,(H,16,17). The fraction of sp³-hybridized carbons (Fsp3) is 0.333. The maximum Gasteiger partial charge on any atom is 0.349 e. The van der Waals surface area contributed by atoms with Crippen molar-refractivity contribution in [1.29, 1.82) is 0 Å². The van der Waals surface area contributed by atoms with Crippen molar-refractivity contribution >= 4 is 16.9 Å². The van der Waals surface area contributed by atoms with Crippen LogP contribution in [0.3, 0.4) is 0 Å². The van der Waals surface area contributed by atoms with Gasteiger partial charge < -0.3 is 9.73 Å². The zero-order valence-corrected chi connectivity index (χ0v) is 11.3. The minimum Gasteiger partial charge on any atom is -0.422 e. The van der Waals surface area contributed by atoms with E-state index >= 15 is 0 Å². The quantitative estimate of drug-likeness (QED) is 0.862. The molecule has 0 fully saturated rings. The zero-order chi connectivity index (χ0) is 14.0. The molecule has 1 unspecified atom stereocenters. The van der Waals surface area contributed by atoms with E-state index < -0.39 is 5.63 Å². The molecule has 0 spiro atoms. The van der Waals surface area contributed by atoms with Gasteiger partial charge in [0.15, 0.2) is 0 Å². The number of carbonyl (C=O) groups excluding carboxylic acids is 1. The summed E-state index contributed by atoms with van der Waals surface area (Å²) in [6, 6.07) is 7.18. The number of rotatable bonds is 3. The van der Waals surface area contributed by atoms with Crippen molar-refractivity contribution in [2.24, 2.45) is 0 Å². The third-order valence-electron chi connectivity index (χ3n) is 3.19. The minimum atomic E-state index is -0.595. The molecule has 1 N–H and O–H groups in total. The van der Waals surface area contributed by atoms with Gasteiger partial charge in [0.2, 0.25) is 0 Å². The van der Waals surface area contributed by atoms with Crippen LogP contribution >= 0.6 is 0 Å². The highest BCUT2D eigenvalue weighted by molar-refractivity contribution is 5.97. The summed E-state index contributed by atoms with van der Waals surface area (Å²) in [5.41, 5.74) is 0.872. The Kier molecular flexibility index (Phi) is 3.69. The van der Waals surface area contributed by atoms with E-state index in [0.717, 1.165) is 17.4 Å². The van der Waals surface area contributed by atoms with E-state index in [0.29, 0.717) is 5.58 Å². The summed E-state index contributed by atoms with van der Waals surface area (Å²) in [6.45, 7) is 5.73. The Balaban J connectivity index is 2.48. The highest BCUT2D eigenvalue weighted by Gasteiger charge is 2.15. The lowest BCUT2D eigenvalue weighted by atomic mass is 10.1. The first-order valence-corrected chi connectivity index (χ1v) is 6.37. The molecule has 2 rings (SSSR count). The molecule has 0 radical (unpaired) electrons. The normalized spacial score (nSPS) is 12.4. The second kappa shape index (κ2) is 5.26. The van der Waals surface area contributed by atoms with E-state index in [4.69, 9.17) is 4.42 Å². The molecule has 19 heavy (non-hydrogen) atoms. The summed E-state index contributed by atoms with van der Waals surface area (Å²) in [5, 5.41) is 3.53. The van der Waals surface area contributed by atoms with E-state index in [1.807, 2.05) is 39.0 Å². The second-order valence-electron chi connectivity index (χ2n) is 4.72. The molecule has 0 aliphatic heterocycles. The number of fused-ring (bicyclic) bond motifs is 1. The molecule has 0 saturated carbocycles. The zero-order valence-electron chi connectivity index (χ0n) is 11.3. The van der Waals surface area contributed by atoms with Crippen molar-refractivity contribution < 1.29 is 9.21 Å². The van der Waals surface area contributed by atoms with Crippen molar-refractivity contribution in [1.82, 2.24) is 5.32 Å². The summed E-state index contributed by atoms with van der Waals surface area (Å²) in [5.74, 6) is -0.383. The van der Waals surface area contributed by atoms with Crippen molar-refractivity contribution in [3.05, 3.63) is 45.8 Å². The first kappa shape index (κ1) is 13.3. The van der Waals surface area contributed by atoms with E-state index in [9.17, 15) is 9.59 Å². The average Bonchev–Trinajstić information content (AvgIpc) is 2.39. The molecule has 1 heterocycles. The van der Waals surface area contributed by atoms with Gasteiger partial charge in [0.05, 0.1) is 0 Å². The van der Waals surface area contributed by atoms with E-state index in [-0.39, 0.29) is 17.5 Å². The van der Waals surface area contributed by atoms with Crippen LogP contribution in [-0.4, -0.2) is 11.9 Å². The van der Waals surface area contributed by atoms with E-state index in [1.165, 1.54) is 0 Å². The van der Waals surface area contributed by atoms with Crippen LogP contribution in [0.2, 0.25) is 0 Å². The monoisotopic (exact) mass is 259 g/mol. The fourth-order valence-electron chi connectivity index (χ4n) is 1.85. The molecule has 0 saturated heterocycles.